The normalized spacial score (nSPS) is 26.3. The van der Waals surface area contributed by atoms with Crippen molar-refractivity contribution in [1.29, 1.82) is 0 Å². The third-order valence-corrected chi connectivity index (χ3v) is 5.34. The van der Waals surface area contributed by atoms with Crippen molar-refractivity contribution in [2.45, 2.75) is 38.8 Å². The summed E-state index contributed by atoms with van der Waals surface area (Å²) in [6.07, 6.45) is 6.07. The maximum atomic E-state index is 3.70. The van der Waals surface area contributed by atoms with Crippen LogP contribution in [0.3, 0.4) is 0 Å². The molecule has 112 valence electrons. The smallest absolute Gasteiger partial charge is 0.0489 e. The fourth-order valence-electron chi connectivity index (χ4n) is 4.21. The van der Waals surface area contributed by atoms with E-state index in [0.717, 1.165) is 24.9 Å². The number of likely N-dealkylation sites (tertiary alicyclic amines) is 1. The molecule has 2 saturated heterocycles. The Labute approximate surface area is 126 Å². The maximum Gasteiger partial charge on any atom is 0.0489 e. The van der Waals surface area contributed by atoms with Crippen LogP contribution in [0.2, 0.25) is 0 Å². The number of fused-ring (bicyclic) bond motifs is 2. The molecule has 3 heterocycles. The fourth-order valence-corrected chi connectivity index (χ4v) is 4.21. The number of para-hydroxylation sites is 1. The van der Waals surface area contributed by atoms with Crippen LogP contribution in [0.5, 0.6) is 0 Å². The molecule has 1 aromatic carbocycles. The number of aromatic amines is 1. The lowest BCUT2D eigenvalue weighted by atomic mass is 9.94. The maximum absolute atomic E-state index is 3.70. The number of aromatic nitrogens is 1. The molecule has 0 spiro atoms. The van der Waals surface area contributed by atoms with E-state index in [2.05, 4.69) is 46.5 Å². The topological polar surface area (TPSA) is 31.1 Å². The molecule has 2 unspecified atom stereocenters. The molecule has 2 aliphatic heterocycles. The number of hydrogen-bond acceptors (Lipinski definition) is 2. The highest BCUT2D eigenvalue weighted by molar-refractivity contribution is 5.86. The van der Waals surface area contributed by atoms with Gasteiger partial charge in [0.05, 0.1) is 0 Å². The summed E-state index contributed by atoms with van der Waals surface area (Å²) in [4.78, 5) is 6.14. The molecule has 3 heteroatoms. The van der Waals surface area contributed by atoms with Crippen LogP contribution < -0.4 is 5.32 Å². The first-order valence-corrected chi connectivity index (χ1v) is 8.38. The van der Waals surface area contributed by atoms with Crippen LogP contribution in [0, 0.1) is 5.92 Å². The molecular formula is C18H25N3. The number of piperidine rings is 1. The van der Waals surface area contributed by atoms with Crippen molar-refractivity contribution in [2.24, 2.45) is 5.92 Å². The van der Waals surface area contributed by atoms with Crippen LogP contribution in [-0.2, 0) is 13.0 Å². The van der Waals surface area contributed by atoms with E-state index in [-0.39, 0.29) is 0 Å². The standard InChI is InChI=1S/C18H25N3/c1-2-13-5-3-7-16-15(9-20-18(13)16)11-21-10-14-6-4-8-19-17(14)12-21/h3,5,7,9,14,17,19-20H,2,4,6,8,10-12H2,1H3. The zero-order valence-corrected chi connectivity index (χ0v) is 12.9. The van der Waals surface area contributed by atoms with Crippen molar-refractivity contribution < 1.29 is 0 Å². The van der Waals surface area contributed by atoms with Gasteiger partial charge in [-0.2, -0.15) is 0 Å². The Morgan fingerprint density at radius 1 is 1.24 bits per heavy atom. The van der Waals surface area contributed by atoms with Gasteiger partial charge in [0.25, 0.3) is 0 Å². The second kappa shape index (κ2) is 5.47. The number of nitrogens with zero attached hydrogens (tertiary/aromatic N) is 1. The van der Waals surface area contributed by atoms with Crippen molar-refractivity contribution in [1.82, 2.24) is 15.2 Å². The molecular weight excluding hydrogens is 258 g/mol. The van der Waals surface area contributed by atoms with Crippen LogP contribution in [0.1, 0.15) is 30.9 Å². The molecule has 0 amide bonds. The minimum atomic E-state index is 0.732. The molecule has 21 heavy (non-hydrogen) atoms. The summed E-state index contributed by atoms with van der Waals surface area (Å²) >= 11 is 0. The van der Waals surface area contributed by atoms with Crippen molar-refractivity contribution in [3.8, 4) is 0 Å². The quantitative estimate of drug-likeness (QED) is 0.907. The molecule has 0 aliphatic carbocycles. The average Bonchev–Trinajstić information content (AvgIpc) is 3.11. The molecule has 2 fully saturated rings. The van der Waals surface area contributed by atoms with E-state index >= 15 is 0 Å². The van der Waals surface area contributed by atoms with Crippen LogP contribution in [0.15, 0.2) is 24.4 Å². The molecule has 4 rings (SSSR count). The van der Waals surface area contributed by atoms with Gasteiger partial charge in [0.1, 0.15) is 0 Å². The number of nitrogens with one attached hydrogen (secondary N) is 2. The first kappa shape index (κ1) is 13.4. The van der Waals surface area contributed by atoms with Crippen molar-refractivity contribution in [2.75, 3.05) is 19.6 Å². The van der Waals surface area contributed by atoms with Gasteiger partial charge in [-0.25, -0.2) is 0 Å². The predicted molar refractivity (Wildman–Crippen MR) is 87.5 cm³/mol. The van der Waals surface area contributed by atoms with E-state index in [0.29, 0.717) is 0 Å². The van der Waals surface area contributed by atoms with Crippen molar-refractivity contribution >= 4 is 10.9 Å². The lowest BCUT2D eigenvalue weighted by Crippen LogP contribution is -2.40. The first-order chi connectivity index (χ1) is 10.3. The highest BCUT2D eigenvalue weighted by atomic mass is 15.2. The van der Waals surface area contributed by atoms with Crippen LogP contribution in [-0.4, -0.2) is 35.6 Å². The van der Waals surface area contributed by atoms with E-state index in [1.54, 1.807) is 0 Å². The van der Waals surface area contributed by atoms with E-state index < -0.39 is 0 Å². The SMILES string of the molecule is CCc1cccc2c(CN3CC4CCCNC4C3)c[nH]c12. The lowest BCUT2D eigenvalue weighted by molar-refractivity contribution is 0.313. The van der Waals surface area contributed by atoms with Gasteiger partial charge in [0, 0.05) is 42.8 Å². The zero-order chi connectivity index (χ0) is 14.2. The third kappa shape index (κ3) is 2.39. The van der Waals surface area contributed by atoms with Gasteiger partial charge in [0.15, 0.2) is 0 Å². The summed E-state index contributed by atoms with van der Waals surface area (Å²) in [6, 6.07) is 7.43. The van der Waals surface area contributed by atoms with E-state index in [1.165, 1.54) is 54.5 Å². The Balaban J connectivity index is 1.55. The highest BCUT2D eigenvalue weighted by Crippen LogP contribution is 2.28. The molecule has 0 bridgehead atoms. The van der Waals surface area contributed by atoms with Gasteiger partial charge in [0.2, 0.25) is 0 Å². The largest absolute Gasteiger partial charge is 0.361 e. The number of benzene rings is 1. The molecule has 2 N–H and O–H groups in total. The van der Waals surface area contributed by atoms with E-state index in [1.807, 2.05) is 0 Å². The second-order valence-corrected chi connectivity index (χ2v) is 6.66. The Morgan fingerprint density at radius 3 is 3.05 bits per heavy atom. The van der Waals surface area contributed by atoms with Crippen molar-refractivity contribution in [3.63, 3.8) is 0 Å². The highest BCUT2D eigenvalue weighted by Gasteiger charge is 2.34. The second-order valence-electron chi connectivity index (χ2n) is 6.66. The van der Waals surface area contributed by atoms with Gasteiger partial charge in [-0.15, -0.1) is 0 Å². The summed E-state index contributed by atoms with van der Waals surface area (Å²) in [5.41, 5.74) is 4.22. The van der Waals surface area contributed by atoms with Gasteiger partial charge in [-0.1, -0.05) is 25.1 Å². The van der Waals surface area contributed by atoms with Crippen LogP contribution in [0.4, 0.5) is 0 Å². The Bertz CT molecular complexity index is 616. The molecule has 2 aliphatic rings. The molecule has 2 atom stereocenters. The van der Waals surface area contributed by atoms with Gasteiger partial charge < -0.3 is 10.3 Å². The Hall–Kier alpha value is -1.32. The number of H-pyrrole nitrogens is 1. The molecule has 1 aromatic heterocycles. The van der Waals surface area contributed by atoms with Crippen LogP contribution >= 0.6 is 0 Å². The zero-order valence-electron chi connectivity index (χ0n) is 12.9. The van der Waals surface area contributed by atoms with Crippen molar-refractivity contribution in [3.05, 3.63) is 35.5 Å². The average molecular weight is 283 g/mol. The van der Waals surface area contributed by atoms with E-state index in [4.69, 9.17) is 0 Å². The van der Waals surface area contributed by atoms with E-state index in [9.17, 15) is 0 Å². The van der Waals surface area contributed by atoms with Gasteiger partial charge in [-0.3, -0.25) is 4.90 Å². The fraction of sp³-hybridized carbons (Fsp3) is 0.556. The summed E-state index contributed by atoms with van der Waals surface area (Å²) in [5.74, 6) is 0.871. The predicted octanol–water partition coefficient (Wildman–Crippen LogP) is 2.91. The minimum absolute atomic E-state index is 0.732. The number of hydrogen-bond donors (Lipinski definition) is 2. The summed E-state index contributed by atoms with van der Waals surface area (Å²) in [7, 11) is 0. The summed E-state index contributed by atoms with van der Waals surface area (Å²) in [6.45, 7) is 7.00. The summed E-state index contributed by atoms with van der Waals surface area (Å²) in [5, 5.41) is 5.11. The van der Waals surface area contributed by atoms with Gasteiger partial charge >= 0.3 is 0 Å². The number of rotatable bonds is 3. The molecule has 0 saturated carbocycles. The molecule has 0 radical (unpaired) electrons. The molecule has 3 nitrogen and oxygen atoms in total. The Kier molecular flexibility index (Phi) is 3.48. The lowest BCUT2D eigenvalue weighted by Gasteiger charge is -2.24. The van der Waals surface area contributed by atoms with Gasteiger partial charge in [-0.05, 0) is 42.9 Å². The molecule has 2 aromatic rings. The first-order valence-electron chi connectivity index (χ1n) is 8.38. The summed E-state index contributed by atoms with van der Waals surface area (Å²) < 4.78 is 0. The third-order valence-electron chi connectivity index (χ3n) is 5.34. The number of aryl methyl sites for hydroxylation is 1. The van der Waals surface area contributed by atoms with Crippen LogP contribution in [0.25, 0.3) is 10.9 Å². The monoisotopic (exact) mass is 283 g/mol. The Morgan fingerprint density at radius 2 is 2.19 bits per heavy atom. The minimum Gasteiger partial charge on any atom is -0.361 e.